The van der Waals surface area contributed by atoms with Crippen molar-refractivity contribution < 1.29 is 18.7 Å². The van der Waals surface area contributed by atoms with E-state index in [0.717, 1.165) is 0 Å². The standard InChI is InChI=1S/C20H21FN2O3/c21-17-6-8-18(9-7-17)26-15-10-19(24)22-11-13-23(14-12-22)20(25)16-4-2-1-3-5-16/h1-9H,10-15H2. The summed E-state index contributed by atoms with van der Waals surface area (Å²) in [4.78, 5) is 28.2. The fourth-order valence-corrected chi connectivity index (χ4v) is 2.87. The molecule has 2 amide bonds. The maximum Gasteiger partial charge on any atom is 0.253 e. The number of benzene rings is 2. The van der Waals surface area contributed by atoms with E-state index in [0.29, 0.717) is 37.5 Å². The Labute approximate surface area is 152 Å². The summed E-state index contributed by atoms with van der Waals surface area (Å²) in [6.45, 7) is 2.34. The Morgan fingerprint density at radius 3 is 2.15 bits per heavy atom. The first kappa shape index (κ1) is 17.9. The maximum absolute atomic E-state index is 12.8. The number of halogens is 1. The molecule has 5 nitrogen and oxygen atoms in total. The number of piperazine rings is 1. The van der Waals surface area contributed by atoms with Crippen LogP contribution >= 0.6 is 0 Å². The molecule has 0 saturated carbocycles. The lowest BCUT2D eigenvalue weighted by Gasteiger charge is -2.34. The predicted molar refractivity (Wildman–Crippen MR) is 95.4 cm³/mol. The summed E-state index contributed by atoms with van der Waals surface area (Å²) in [5.74, 6) is 0.213. The second-order valence-corrected chi connectivity index (χ2v) is 6.09. The van der Waals surface area contributed by atoms with Crippen LogP contribution in [0.2, 0.25) is 0 Å². The molecule has 1 fully saturated rings. The first-order valence-electron chi connectivity index (χ1n) is 8.64. The fourth-order valence-electron chi connectivity index (χ4n) is 2.87. The van der Waals surface area contributed by atoms with Gasteiger partial charge in [-0.25, -0.2) is 4.39 Å². The van der Waals surface area contributed by atoms with Crippen molar-refractivity contribution in [2.75, 3.05) is 32.8 Å². The van der Waals surface area contributed by atoms with Crippen LogP contribution in [0.5, 0.6) is 5.75 Å². The van der Waals surface area contributed by atoms with Gasteiger partial charge in [0.2, 0.25) is 5.91 Å². The van der Waals surface area contributed by atoms with Crippen molar-refractivity contribution in [3.05, 3.63) is 66.0 Å². The van der Waals surface area contributed by atoms with Gasteiger partial charge in [0.15, 0.2) is 0 Å². The highest BCUT2D eigenvalue weighted by molar-refractivity contribution is 5.94. The first-order valence-corrected chi connectivity index (χ1v) is 8.64. The van der Waals surface area contributed by atoms with E-state index in [-0.39, 0.29) is 30.7 Å². The van der Waals surface area contributed by atoms with Gasteiger partial charge in [0, 0.05) is 31.7 Å². The van der Waals surface area contributed by atoms with Crippen LogP contribution in [0.4, 0.5) is 4.39 Å². The van der Waals surface area contributed by atoms with Gasteiger partial charge < -0.3 is 14.5 Å². The van der Waals surface area contributed by atoms with Crippen LogP contribution in [-0.4, -0.2) is 54.4 Å². The van der Waals surface area contributed by atoms with Crippen molar-refractivity contribution in [3.63, 3.8) is 0 Å². The van der Waals surface area contributed by atoms with Crippen molar-refractivity contribution in [1.82, 2.24) is 9.80 Å². The Morgan fingerprint density at radius 1 is 0.885 bits per heavy atom. The molecule has 1 aliphatic rings. The smallest absolute Gasteiger partial charge is 0.253 e. The summed E-state index contributed by atoms with van der Waals surface area (Å²) < 4.78 is 18.3. The zero-order chi connectivity index (χ0) is 18.4. The molecule has 3 rings (SSSR count). The summed E-state index contributed by atoms with van der Waals surface area (Å²) in [5.41, 5.74) is 0.667. The highest BCUT2D eigenvalue weighted by Crippen LogP contribution is 2.12. The fraction of sp³-hybridized carbons (Fsp3) is 0.300. The van der Waals surface area contributed by atoms with Crippen LogP contribution in [0.15, 0.2) is 54.6 Å². The Morgan fingerprint density at radius 2 is 1.50 bits per heavy atom. The van der Waals surface area contributed by atoms with Crippen molar-refractivity contribution in [2.24, 2.45) is 0 Å². The Balaban J connectivity index is 1.42. The number of carbonyl (C=O) groups excluding carboxylic acids is 2. The van der Waals surface area contributed by atoms with Gasteiger partial charge in [0.1, 0.15) is 11.6 Å². The molecule has 1 aliphatic heterocycles. The predicted octanol–water partition coefficient (Wildman–Crippen LogP) is 2.58. The van der Waals surface area contributed by atoms with Gasteiger partial charge in [0.05, 0.1) is 13.0 Å². The lowest BCUT2D eigenvalue weighted by Crippen LogP contribution is -2.50. The molecule has 0 aliphatic carbocycles. The SMILES string of the molecule is O=C(CCOc1ccc(F)cc1)N1CCN(C(=O)c2ccccc2)CC1. The third-order valence-electron chi connectivity index (χ3n) is 4.34. The average molecular weight is 356 g/mol. The largest absolute Gasteiger partial charge is 0.493 e. The van der Waals surface area contributed by atoms with Gasteiger partial charge in [-0.2, -0.15) is 0 Å². The molecule has 6 heteroatoms. The van der Waals surface area contributed by atoms with Crippen LogP contribution in [0.3, 0.4) is 0 Å². The number of amides is 2. The zero-order valence-electron chi connectivity index (χ0n) is 14.4. The molecule has 0 unspecified atom stereocenters. The molecule has 0 aromatic heterocycles. The summed E-state index contributed by atoms with van der Waals surface area (Å²) in [7, 11) is 0. The summed E-state index contributed by atoms with van der Waals surface area (Å²) in [6, 6.07) is 14.9. The molecule has 0 radical (unpaired) electrons. The number of hydrogen-bond donors (Lipinski definition) is 0. The van der Waals surface area contributed by atoms with Crippen LogP contribution in [0.1, 0.15) is 16.8 Å². The van der Waals surface area contributed by atoms with E-state index in [1.165, 1.54) is 24.3 Å². The normalized spacial score (nSPS) is 14.2. The minimum absolute atomic E-state index is 0.000998. The van der Waals surface area contributed by atoms with E-state index >= 15 is 0 Å². The van der Waals surface area contributed by atoms with Gasteiger partial charge in [0.25, 0.3) is 5.91 Å². The van der Waals surface area contributed by atoms with Crippen LogP contribution in [0.25, 0.3) is 0 Å². The van der Waals surface area contributed by atoms with Crippen molar-refractivity contribution >= 4 is 11.8 Å². The number of nitrogens with zero attached hydrogens (tertiary/aromatic N) is 2. The van der Waals surface area contributed by atoms with E-state index in [4.69, 9.17) is 4.74 Å². The molecular formula is C20H21FN2O3. The third kappa shape index (κ3) is 4.59. The molecule has 0 bridgehead atoms. The minimum atomic E-state index is -0.323. The Hall–Kier alpha value is -2.89. The van der Waals surface area contributed by atoms with E-state index in [1.807, 2.05) is 18.2 Å². The zero-order valence-corrected chi connectivity index (χ0v) is 14.4. The molecule has 0 N–H and O–H groups in total. The minimum Gasteiger partial charge on any atom is -0.493 e. The molecule has 2 aromatic rings. The Bertz CT molecular complexity index is 741. The van der Waals surface area contributed by atoms with Gasteiger partial charge in [-0.05, 0) is 36.4 Å². The summed E-state index contributed by atoms with van der Waals surface area (Å²) in [5, 5.41) is 0. The van der Waals surface area contributed by atoms with Gasteiger partial charge in [-0.15, -0.1) is 0 Å². The van der Waals surface area contributed by atoms with Gasteiger partial charge >= 0.3 is 0 Å². The number of rotatable bonds is 5. The lowest BCUT2D eigenvalue weighted by atomic mass is 10.2. The molecule has 1 heterocycles. The molecular weight excluding hydrogens is 335 g/mol. The second kappa shape index (κ2) is 8.47. The summed E-state index contributed by atoms with van der Waals surface area (Å²) >= 11 is 0. The number of carbonyl (C=O) groups is 2. The number of ether oxygens (including phenoxy) is 1. The Kier molecular flexibility index (Phi) is 5.84. The van der Waals surface area contributed by atoms with Crippen molar-refractivity contribution in [2.45, 2.75) is 6.42 Å². The van der Waals surface area contributed by atoms with Gasteiger partial charge in [-0.3, -0.25) is 9.59 Å². The first-order chi connectivity index (χ1) is 12.6. The number of hydrogen-bond acceptors (Lipinski definition) is 3. The van der Waals surface area contributed by atoms with Crippen molar-refractivity contribution in [1.29, 1.82) is 0 Å². The average Bonchev–Trinajstić information content (AvgIpc) is 2.69. The molecule has 0 spiro atoms. The highest BCUT2D eigenvalue weighted by atomic mass is 19.1. The van der Waals surface area contributed by atoms with Crippen LogP contribution < -0.4 is 4.74 Å². The molecule has 2 aromatic carbocycles. The highest BCUT2D eigenvalue weighted by Gasteiger charge is 2.24. The topological polar surface area (TPSA) is 49.9 Å². The summed E-state index contributed by atoms with van der Waals surface area (Å²) in [6.07, 6.45) is 0.254. The van der Waals surface area contributed by atoms with E-state index < -0.39 is 0 Å². The van der Waals surface area contributed by atoms with Crippen molar-refractivity contribution in [3.8, 4) is 5.75 Å². The van der Waals surface area contributed by atoms with E-state index in [9.17, 15) is 14.0 Å². The van der Waals surface area contributed by atoms with Crippen LogP contribution in [0, 0.1) is 5.82 Å². The molecule has 136 valence electrons. The molecule has 26 heavy (non-hydrogen) atoms. The lowest BCUT2D eigenvalue weighted by molar-refractivity contribution is -0.133. The van der Waals surface area contributed by atoms with Crippen LogP contribution in [-0.2, 0) is 4.79 Å². The monoisotopic (exact) mass is 356 g/mol. The van der Waals surface area contributed by atoms with Gasteiger partial charge in [-0.1, -0.05) is 18.2 Å². The second-order valence-electron chi connectivity index (χ2n) is 6.09. The maximum atomic E-state index is 12.8. The third-order valence-corrected chi connectivity index (χ3v) is 4.34. The molecule has 0 atom stereocenters. The quantitative estimate of drug-likeness (QED) is 0.827. The van der Waals surface area contributed by atoms with E-state index in [2.05, 4.69) is 0 Å². The molecule has 1 saturated heterocycles. The van der Waals surface area contributed by atoms with E-state index in [1.54, 1.807) is 21.9 Å².